The number of hydrogen-bond acceptors (Lipinski definition) is 3. The highest BCUT2D eigenvalue weighted by molar-refractivity contribution is 6.00. The molecule has 4 nitrogen and oxygen atoms in total. The second-order valence-electron chi connectivity index (χ2n) is 4.62. The zero-order chi connectivity index (χ0) is 13.3. The van der Waals surface area contributed by atoms with Gasteiger partial charge in [0.25, 0.3) is 0 Å². The van der Waals surface area contributed by atoms with Gasteiger partial charge in [-0.25, -0.2) is 4.79 Å². The summed E-state index contributed by atoms with van der Waals surface area (Å²) in [5, 5.41) is 8.64. The smallest absolute Gasteiger partial charge is 0.341 e. The van der Waals surface area contributed by atoms with Crippen molar-refractivity contribution in [2.24, 2.45) is 0 Å². The first-order chi connectivity index (χ1) is 8.50. The molecule has 1 aliphatic rings. The molecule has 0 atom stereocenters. The van der Waals surface area contributed by atoms with Crippen molar-refractivity contribution in [2.75, 3.05) is 6.61 Å². The summed E-state index contributed by atoms with van der Waals surface area (Å²) < 4.78 is 5.27. The van der Waals surface area contributed by atoms with Crippen LogP contribution in [-0.2, 0) is 11.2 Å². The third kappa shape index (κ3) is 2.23. The van der Waals surface area contributed by atoms with E-state index in [4.69, 9.17) is 9.84 Å². The Morgan fingerprint density at radius 2 is 2.06 bits per heavy atom. The molecular formula is C14H16O4. The number of hydrogen-bond donors (Lipinski definition) is 1. The Labute approximate surface area is 106 Å². The summed E-state index contributed by atoms with van der Waals surface area (Å²) in [4.78, 5) is 22.4. The van der Waals surface area contributed by atoms with Crippen LogP contribution in [0.1, 0.15) is 39.9 Å². The van der Waals surface area contributed by atoms with Gasteiger partial charge >= 0.3 is 5.97 Å². The maximum atomic E-state index is 11.9. The number of Topliss-reactive ketones (excluding diaryl/α,β-unsaturated/α-hetero) is 1. The zero-order valence-electron chi connectivity index (χ0n) is 10.6. The molecule has 0 heterocycles. The number of fused-ring (bicyclic) bond motifs is 1. The quantitative estimate of drug-likeness (QED) is 0.891. The summed E-state index contributed by atoms with van der Waals surface area (Å²) in [5.41, 5.74) is 3.55. The van der Waals surface area contributed by atoms with Crippen LogP contribution in [0, 0.1) is 13.8 Å². The number of ketones is 1. The maximum absolute atomic E-state index is 11.9. The summed E-state index contributed by atoms with van der Waals surface area (Å²) in [6, 6.07) is 1.82. The van der Waals surface area contributed by atoms with Crippen molar-refractivity contribution in [3.05, 3.63) is 28.3 Å². The Hall–Kier alpha value is -1.84. The van der Waals surface area contributed by atoms with Gasteiger partial charge in [-0.2, -0.15) is 0 Å². The van der Waals surface area contributed by atoms with Crippen LogP contribution in [0.2, 0.25) is 0 Å². The molecule has 2 rings (SSSR count). The summed E-state index contributed by atoms with van der Waals surface area (Å²) in [6.07, 6.45) is 2.31. The van der Waals surface area contributed by atoms with Gasteiger partial charge in [-0.15, -0.1) is 0 Å². The number of rotatable bonds is 3. The van der Waals surface area contributed by atoms with Crippen LogP contribution in [0.5, 0.6) is 5.75 Å². The van der Waals surface area contributed by atoms with E-state index < -0.39 is 5.97 Å². The monoisotopic (exact) mass is 248 g/mol. The van der Waals surface area contributed by atoms with Crippen LogP contribution < -0.4 is 4.74 Å². The van der Waals surface area contributed by atoms with Crippen molar-refractivity contribution in [2.45, 2.75) is 33.1 Å². The summed E-state index contributed by atoms with van der Waals surface area (Å²) >= 11 is 0. The van der Waals surface area contributed by atoms with Crippen molar-refractivity contribution < 1.29 is 19.4 Å². The molecule has 0 bridgehead atoms. The minimum Gasteiger partial charge on any atom is -0.482 e. The van der Waals surface area contributed by atoms with Gasteiger partial charge in [0.05, 0.1) is 0 Å². The van der Waals surface area contributed by atoms with E-state index in [9.17, 15) is 9.59 Å². The fraction of sp³-hybridized carbons (Fsp3) is 0.429. The average Bonchev–Trinajstić information content (AvgIpc) is 2.31. The molecular weight excluding hydrogens is 232 g/mol. The van der Waals surface area contributed by atoms with E-state index in [0.717, 1.165) is 35.1 Å². The van der Waals surface area contributed by atoms with Gasteiger partial charge in [0, 0.05) is 12.0 Å². The average molecular weight is 248 g/mol. The van der Waals surface area contributed by atoms with Gasteiger partial charge in [0.2, 0.25) is 0 Å². The molecule has 0 saturated heterocycles. The Morgan fingerprint density at radius 3 is 2.72 bits per heavy atom. The van der Waals surface area contributed by atoms with E-state index in [1.165, 1.54) is 0 Å². The van der Waals surface area contributed by atoms with Crippen molar-refractivity contribution >= 4 is 11.8 Å². The van der Waals surface area contributed by atoms with Gasteiger partial charge < -0.3 is 9.84 Å². The first-order valence-electron chi connectivity index (χ1n) is 6.01. The first kappa shape index (κ1) is 12.6. The van der Waals surface area contributed by atoms with Crippen molar-refractivity contribution in [1.29, 1.82) is 0 Å². The third-order valence-corrected chi connectivity index (χ3v) is 3.41. The van der Waals surface area contributed by atoms with E-state index in [-0.39, 0.29) is 12.4 Å². The van der Waals surface area contributed by atoms with Crippen LogP contribution >= 0.6 is 0 Å². The van der Waals surface area contributed by atoms with Gasteiger partial charge in [-0.05, 0) is 49.4 Å². The molecule has 0 saturated carbocycles. The molecule has 1 aromatic rings. The number of carbonyl (C=O) groups excluding carboxylic acids is 1. The van der Waals surface area contributed by atoms with Crippen molar-refractivity contribution in [3.63, 3.8) is 0 Å². The molecule has 4 heteroatoms. The Morgan fingerprint density at radius 1 is 1.33 bits per heavy atom. The Balaban J connectivity index is 2.42. The van der Waals surface area contributed by atoms with E-state index in [2.05, 4.69) is 0 Å². The molecule has 1 N–H and O–H groups in total. The van der Waals surface area contributed by atoms with Crippen LogP contribution in [0.25, 0.3) is 0 Å². The molecule has 0 aromatic heterocycles. The Bertz CT molecular complexity index is 517. The minimum atomic E-state index is -0.999. The topological polar surface area (TPSA) is 63.6 Å². The van der Waals surface area contributed by atoms with Crippen LogP contribution in [-0.4, -0.2) is 23.5 Å². The van der Waals surface area contributed by atoms with Crippen LogP contribution in [0.3, 0.4) is 0 Å². The van der Waals surface area contributed by atoms with Crippen LogP contribution in [0.15, 0.2) is 6.07 Å². The largest absolute Gasteiger partial charge is 0.482 e. The van der Waals surface area contributed by atoms with Crippen molar-refractivity contribution in [1.82, 2.24) is 0 Å². The molecule has 0 amide bonds. The second-order valence-corrected chi connectivity index (χ2v) is 4.62. The molecule has 0 radical (unpaired) electrons. The first-order valence-corrected chi connectivity index (χ1v) is 6.01. The number of carbonyl (C=O) groups is 2. The Kier molecular flexibility index (Phi) is 3.36. The van der Waals surface area contributed by atoms with Gasteiger partial charge in [0.1, 0.15) is 5.75 Å². The van der Waals surface area contributed by atoms with E-state index in [1.54, 1.807) is 0 Å². The second kappa shape index (κ2) is 4.80. The molecule has 18 heavy (non-hydrogen) atoms. The lowest BCUT2D eigenvalue weighted by molar-refractivity contribution is -0.139. The van der Waals surface area contributed by atoms with Crippen molar-refractivity contribution in [3.8, 4) is 5.75 Å². The van der Waals surface area contributed by atoms with E-state index >= 15 is 0 Å². The van der Waals surface area contributed by atoms with Gasteiger partial charge in [-0.3, -0.25) is 4.79 Å². The fourth-order valence-electron chi connectivity index (χ4n) is 2.39. The van der Waals surface area contributed by atoms with Gasteiger partial charge in [-0.1, -0.05) is 0 Å². The summed E-state index contributed by atoms with van der Waals surface area (Å²) in [7, 11) is 0. The molecule has 0 unspecified atom stereocenters. The maximum Gasteiger partial charge on any atom is 0.341 e. The predicted octanol–water partition coefficient (Wildman–Crippen LogP) is 2.29. The zero-order valence-corrected chi connectivity index (χ0v) is 10.6. The van der Waals surface area contributed by atoms with Gasteiger partial charge in [0.15, 0.2) is 12.4 Å². The molecule has 1 aliphatic carbocycles. The lowest BCUT2D eigenvalue weighted by Crippen LogP contribution is -2.16. The van der Waals surface area contributed by atoms with E-state index in [1.807, 2.05) is 19.9 Å². The standard InChI is InChI=1S/C14H16O4/c1-8-9(2)14-10(4-3-5-11(14)15)6-12(8)18-7-13(16)17/h6H,3-5,7H2,1-2H3,(H,16,17). The number of aryl methyl sites for hydroxylation is 1. The third-order valence-electron chi connectivity index (χ3n) is 3.41. The lowest BCUT2D eigenvalue weighted by Gasteiger charge is -2.21. The number of carboxylic acids is 1. The molecule has 0 aliphatic heterocycles. The highest BCUT2D eigenvalue weighted by Crippen LogP contribution is 2.32. The fourth-order valence-corrected chi connectivity index (χ4v) is 2.39. The minimum absolute atomic E-state index is 0.182. The molecule has 96 valence electrons. The highest BCUT2D eigenvalue weighted by Gasteiger charge is 2.22. The van der Waals surface area contributed by atoms with E-state index in [0.29, 0.717) is 12.2 Å². The SMILES string of the molecule is Cc1c(OCC(=O)O)cc2c(c1C)C(=O)CCC2. The summed E-state index contributed by atoms with van der Waals surface area (Å²) in [6.45, 7) is 3.40. The number of ether oxygens (including phenoxy) is 1. The number of aliphatic carboxylic acids is 1. The number of benzene rings is 1. The summed E-state index contributed by atoms with van der Waals surface area (Å²) in [5.74, 6) is -0.245. The van der Waals surface area contributed by atoms with Crippen LogP contribution in [0.4, 0.5) is 0 Å². The molecule has 1 aromatic carbocycles. The highest BCUT2D eigenvalue weighted by atomic mass is 16.5. The molecule has 0 spiro atoms. The molecule has 0 fully saturated rings. The predicted molar refractivity (Wildman–Crippen MR) is 66.3 cm³/mol. The lowest BCUT2D eigenvalue weighted by atomic mass is 9.85. The number of carboxylic acid groups (broad SMARTS) is 1. The normalized spacial score (nSPS) is 14.2.